The molecule has 4 heteroatoms. The highest BCUT2D eigenvalue weighted by Gasteiger charge is 2.49. The van der Waals surface area contributed by atoms with Crippen LogP contribution in [0.3, 0.4) is 0 Å². The predicted molar refractivity (Wildman–Crippen MR) is 39.7 cm³/mol. The number of quaternary nitrogens is 1. The van der Waals surface area contributed by atoms with Gasteiger partial charge in [-0.15, -0.1) is 0 Å². The molecule has 11 heavy (non-hydrogen) atoms. The van der Waals surface area contributed by atoms with Crippen molar-refractivity contribution in [3.63, 3.8) is 0 Å². The van der Waals surface area contributed by atoms with Crippen LogP contribution in [0.5, 0.6) is 0 Å². The Bertz CT molecular complexity index is 190. The van der Waals surface area contributed by atoms with E-state index >= 15 is 0 Å². The number of hydroxylamine groups is 3. The average molecular weight is 159 g/mol. The predicted octanol–water partition coefficient (Wildman–Crippen LogP) is 0.568. The maximum Gasteiger partial charge on any atom is 0.365 e. The lowest BCUT2D eigenvalue weighted by Crippen LogP contribution is -2.56. The number of nitrogens with zero attached hydrogens (tertiary/aromatic N) is 1. The smallest absolute Gasteiger partial charge is 0.365 e. The molecule has 0 radical (unpaired) electrons. The number of hydrogen-bond acceptors (Lipinski definition) is 2. The summed E-state index contributed by atoms with van der Waals surface area (Å²) in [5.41, 5.74) is -1.11. The molecule has 64 valence electrons. The first-order valence-electron chi connectivity index (χ1n) is 3.70. The van der Waals surface area contributed by atoms with E-state index in [1.165, 1.54) is 14.0 Å². The zero-order valence-electron chi connectivity index (χ0n) is 6.83. The number of carbonyl (C=O) groups is 1. The Kier molecular flexibility index (Phi) is 1.69. The van der Waals surface area contributed by atoms with Crippen molar-refractivity contribution in [2.45, 2.75) is 25.3 Å². The Labute approximate surface area is 65.6 Å². The Morgan fingerprint density at radius 1 is 1.73 bits per heavy atom. The molecule has 1 rings (SSSR count). The maximum atomic E-state index is 11.6. The molecule has 1 aliphatic heterocycles. The van der Waals surface area contributed by atoms with Crippen LogP contribution in [0, 0.1) is 5.21 Å². The Morgan fingerprint density at radius 2 is 2.27 bits per heavy atom. The highest BCUT2D eigenvalue weighted by Crippen LogP contribution is 2.34. The number of hydrogen-bond donors (Lipinski definition) is 1. The first-order chi connectivity index (χ1) is 4.90. The van der Waals surface area contributed by atoms with Gasteiger partial charge in [-0.3, -0.25) is 0 Å². The number of carboxylic acids is 1. The lowest BCUT2D eigenvalue weighted by molar-refractivity contribution is -0.888. The lowest BCUT2D eigenvalue weighted by Gasteiger charge is -2.44. The van der Waals surface area contributed by atoms with Gasteiger partial charge in [0.1, 0.15) is 0 Å². The molecule has 0 aromatic heterocycles. The SMILES string of the molecule is C[C@@]1(C(=O)O)CCC[N+]1(C)[O-]. The lowest BCUT2D eigenvalue weighted by atomic mass is 9.99. The molecule has 2 atom stereocenters. The van der Waals surface area contributed by atoms with Crippen LogP contribution in [0.2, 0.25) is 0 Å². The van der Waals surface area contributed by atoms with Crippen LogP contribution in [-0.4, -0.2) is 34.9 Å². The van der Waals surface area contributed by atoms with Gasteiger partial charge < -0.3 is 15.0 Å². The highest BCUT2D eigenvalue weighted by atomic mass is 16.6. The van der Waals surface area contributed by atoms with Gasteiger partial charge in [-0.25, -0.2) is 4.79 Å². The van der Waals surface area contributed by atoms with Crippen LogP contribution in [0.1, 0.15) is 19.8 Å². The summed E-state index contributed by atoms with van der Waals surface area (Å²) in [5, 5.41) is 20.3. The fourth-order valence-electron chi connectivity index (χ4n) is 1.52. The summed E-state index contributed by atoms with van der Waals surface area (Å²) in [6.07, 6.45) is 1.20. The molecule has 0 spiro atoms. The quantitative estimate of drug-likeness (QED) is 0.449. The summed E-state index contributed by atoms with van der Waals surface area (Å²) in [6.45, 7) is 1.94. The van der Waals surface area contributed by atoms with Crippen LogP contribution in [0.15, 0.2) is 0 Å². The summed E-state index contributed by atoms with van der Waals surface area (Å²) in [6, 6.07) is 0. The fourth-order valence-corrected chi connectivity index (χ4v) is 1.52. The Balaban J connectivity index is 2.93. The van der Waals surface area contributed by atoms with Crippen molar-refractivity contribution in [1.82, 2.24) is 0 Å². The van der Waals surface area contributed by atoms with Crippen molar-refractivity contribution < 1.29 is 14.5 Å². The number of likely N-dealkylation sites (tertiary alicyclic amines) is 1. The normalized spacial score (nSPS) is 44.3. The number of likely N-dealkylation sites (N-methyl/N-ethyl adjacent to an activating group) is 1. The van der Waals surface area contributed by atoms with Crippen molar-refractivity contribution >= 4 is 5.97 Å². The van der Waals surface area contributed by atoms with E-state index in [9.17, 15) is 10.0 Å². The minimum atomic E-state index is -1.11. The Hall–Kier alpha value is -0.610. The fraction of sp³-hybridized carbons (Fsp3) is 0.857. The summed E-state index contributed by atoms with van der Waals surface area (Å²) in [7, 11) is 1.43. The van der Waals surface area contributed by atoms with Crippen molar-refractivity contribution in [2.24, 2.45) is 0 Å². The molecule has 0 saturated carbocycles. The van der Waals surface area contributed by atoms with Crippen molar-refractivity contribution in [3.05, 3.63) is 5.21 Å². The Morgan fingerprint density at radius 3 is 2.45 bits per heavy atom. The first-order valence-corrected chi connectivity index (χ1v) is 3.70. The summed E-state index contributed by atoms with van der Waals surface area (Å²) < 4.78 is -0.637. The molecular formula is C7H13NO3. The number of rotatable bonds is 1. The molecule has 1 unspecified atom stereocenters. The van der Waals surface area contributed by atoms with Crippen molar-refractivity contribution in [1.29, 1.82) is 0 Å². The molecule has 1 N–H and O–H groups in total. The molecular weight excluding hydrogens is 146 g/mol. The summed E-state index contributed by atoms with van der Waals surface area (Å²) in [5.74, 6) is -0.979. The third kappa shape index (κ3) is 1.02. The second kappa shape index (κ2) is 2.19. The van der Waals surface area contributed by atoms with E-state index < -0.39 is 16.2 Å². The van der Waals surface area contributed by atoms with Gasteiger partial charge in [-0.2, -0.15) is 0 Å². The van der Waals surface area contributed by atoms with Crippen LogP contribution in [-0.2, 0) is 4.79 Å². The first kappa shape index (κ1) is 8.49. The van der Waals surface area contributed by atoms with E-state index in [1.807, 2.05) is 0 Å². The molecule has 0 aromatic rings. The van der Waals surface area contributed by atoms with Crippen LogP contribution in [0.25, 0.3) is 0 Å². The third-order valence-electron chi connectivity index (χ3n) is 2.75. The summed E-state index contributed by atoms with van der Waals surface area (Å²) in [4.78, 5) is 10.7. The minimum absolute atomic E-state index is 0.419. The van der Waals surface area contributed by atoms with Crippen LogP contribution >= 0.6 is 0 Å². The van der Waals surface area contributed by atoms with Gasteiger partial charge in [0.05, 0.1) is 13.6 Å². The zero-order chi connectivity index (χ0) is 8.70. The van der Waals surface area contributed by atoms with Crippen molar-refractivity contribution in [2.75, 3.05) is 13.6 Å². The molecule has 0 aromatic carbocycles. The maximum absolute atomic E-state index is 11.6. The van der Waals surface area contributed by atoms with E-state index in [0.29, 0.717) is 19.4 Å². The van der Waals surface area contributed by atoms with Gasteiger partial charge >= 0.3 is 5.97 Å². The molecule has 0 amide bonds. The van der Waals surface area contributed by atoms with Gasteiger partial charge in [0.25, 0.3) is 0 Å². The van der Waals surface area contributed by atoms with Crippen molar-refractivity contribution in [3.8, 4) is 0 Å². The van der Waals surface area contributed by atoms with Gasteiger partial charge in [0.2, 0.25) is 0 Å². The van der Waals surface area contributed by atoms with Gasteiger partial charge in [0, 0.05) is 19.8 Å². The molecule has 4 nitrogen and oxygen atoms in total. The molecule has 1 heterocycles. The monoisotopic (exact) mass is 159 g/mol. The average Bonchev–Trinajstić information content (AvgIpc) is 2.09. The molecule has 0 aliphatic carbocycles. The minimum Gasteiger partial charge on any atom is -0.632 e. The number of aliphatic carboxylic acids is 1. The second-order valence-corrected chi connectivity index (χ2v) is 3.51. The third-order valence-corrected chi connectivity index (χ3v) is 2.75. The van der Waals surface area contributed by atoms with E-state index in [4.69, 9.17) is 5.11 Å². The highest BCUT2D eigenvalue weighted by molar-refractivity contribution is 5.77. The van der Waals surface area contributed by atoms with Gasteiger partial charge in [0.15, 0.2) is 5.54 Å². The molecule has 1 aliphatic rings. The number of carboxylic acid groups (broad SMARTS) is 1. The van der Waals surface area contributed by atoms with Crippen LogP contribution < -0.4 is 0 Å². The molecule has 0 bridgehead atoms. The van der Waals surface area contributed by atoms with E-state index in [1.54, 1.807) is 0 Å². The summed E-state index contributed by atoms with van der Waals surface area (Å²) >= 11 is 0. The standard InChI is InChI=1S/C7H13NO3/c1-7(6(9)10)4-3-5-8(7,2)11/h3-5H2,1-2H3,(H,9,10)/t7-,8?/m0/s1. The topological polar surface area (TPSA) is 60.4 Å². The molecule has 1 fully saturated rings. The second-order valence-electron chi connectivity index (χ2n) is 3.51. The van der Waals surface area contributed by atoms with Crippen LogP contribution in [0.4, 0.5) is 0 Å². The largest absolute Gasteiger partial charge is 0.632 e. The molecule has 1 saturated heterocycles. The van der Waals surface area contributed by atoms with Gasteiger partial charge in [-0.1, -0.05) is 0 Å². The van der Waals surface area contributed by atoms with E-state index in [-0.39, 0.29) is 0 Å². The van der Waals surface area contributed by atoms with E-state index in [2.05, 4.69) is 0 Å². The zero-order valence-corrected chi connectivity index (χ0v) is 6.83. The van der Waals surface area contributed by atoms with E-state index in [0.717, 1.165) is 0 Å². The van der Waals surface area contributed by atoms with Gasteiger partial charge in [-0.05, 0) is 0 Å².